The summed E-state index contributed by atoms with van der Waals surface area (Å²) in [7, 11) is 0. The van der Waals surface area contributed by atoms with Gasteiger partial charge in [-0.25, -0.2) is 0 Å². The zero-order valence-corrected chi connectivity index (χ0v) is 10.2. The van der Waals surface area contributed by atoms with Gasteiger partial charge in [-0.1, -0.05) is 19.0 Å². The molecule has 0 aliphatic heterocycles. The third kappa shape index (κ3) is 4.63. The van der Waals surface area contributed by atoms with Crippen LogP contribution in [-0.4, -0.2) is 10.6 Å². The lowest BCUT2D eigenvalue weighted by Crippen LogP contribution is -2.00. The molecule has 0 heterocycles. The Bertz CT molecular complexity index is 410. The van der Waals surface area contributed by atoms with E-state index >= 15 is 0 Å². The minimum absolute atomic E-state index is 0.0419. The van der Waals surface area contributed by atoms with E-state index in [9.17, 15) is 10.1 Å². The lowest BCUT2D eigenvalue weighted by Gasteiger charge is -2.03. The largest absolute Gasteiger partial charge is 0.357 e. The van der Waals surface area contributed by atoms with Crippen LogP contribution in [0.15, 0.2) is 29.4 Å². The molecule has 0 unspecified atom stereocenters. The molecule has 0 radical (unpaired) electrons. The second-order valence-electron chi connectivity index (χ2n) is 4.27. The predicted octanol–water partition coefficient (Wildman–Crippen LogP) is 3.40. The maximum atomic E-state index is 10.4. The van der Waals surface area contributed by atoms with Crippen molar-refractivity contribution < 1.29 is 9.76 Å². The molecule has 0 aliphatic carbocycles. The van der Waals surface area contributed by atoms with Gasteiger partial charge in [0.2, 0.25) is 0 Å². The molecule has 0 spiro atoms. The molecule has 0 aromatic heterocycles. The molecule has 1 aromatic rings. The Morgan fingerprint density at radius 2 is 2.00 bits per heavy atom. The van der Waals surface area contributed by atoms with Crippen LogP contribution in [0.25, 0.3) is 0 Å². The third-order valence-electron chi connectivity index (χ3n) is 2.06. The lowest BCUT2D eigenvalue weighted by molar-refractivity contribution is -0.384. The van der Waals surface area contributed by atoms with Crippen molar-refractivity contribution in [1.29, 1.82) is 0 Å². The fraction of sp³-hybridized carbons (Fsp3) is 0.417. The molecule has 0 amide bonds. The van der Waals surface area contributed by atoms with Gasteiger partial charge >= 0.3 is 0 Å². The monoisotopic (exact) mass is 236 g/mol. The van der Waals surface area contributed by atoms with Gasteiger partial charge in [0.1, 0.15) is 0 Å². The summed E-state index contributed by atoms with van der Waals surface area (Å²) in [5.41, 5.74) is 0.943. The van der Waals surface area contributed by atoms with E-state index in [1.807, 2.05) is 6.92 Å². The molecule has 0 atom stereocenters. The number of oxime groups is 1. The Hall–Kier alpha value is -1.91. The van der Waals surface area contributed by atoms with Gasteiger partial charge in [0.15, 0.2) is 5.75 Å². The van der Waals surface area contributed by atoms with Crippen LogP contribution >= 0.6 is 0 Å². The number of benzene rings is 1. The topological polar surface area (TPSA) is 64.7 Å². The second kappa shape index (κ2) is 5.98. The van der Waals surface area contributed by atoms with Crippen LogP contribution in [0.1, 0.15) is 27.2 Å². The van der Waals surface area contributed by atoms with Crippen molar-refractivity contribution in [2.24, 2.45) is 11.1 Å². The average Bonchev–Trinajstić information content (AvgIpc) is 2.26. The fourth-order valence-electron chi connectivity index (χ4n) is 1.39. The maximum absolute atomic E-state index is 10.4. The summed E-state index contributed by atoms with van der Waals surface area (Å²) in [4.78, 5) is 15.2. The van der Waals surface area contributed by atoms with Crippen molar-refractivity contribution in [2.75, 3.05) is 0 Å². The summed E-state index contributed by atoms with van der Waals surface area (Å²) >= 11 is 0. The van der Waals surface area contributed by atoms with Crippen molar-refractivity contribution in [3.63, 3.8) is 0 Å². The molecule has 5 nitrogen and oxygen atoms in total. The summed E-state index contributed by atoms with van der Waals surface area (Å²) in [6.45, 7) is 6.10. The number of nitro benzene ring substituents is 1. The standard InChI is InChI=1S/C12H16N2O3/c1-9(2)8-10(3)13-17-12-6-4-11(5-7-12)14(15)16/h4-7,9H,8H2,1-3H3/b13-10+. The van der Waals surface area contributed by atoms with Crippen molar-refractivity contribution in [2.45, 2.75) is 27.2 Å². The minimum Gasteiger partial charge on any atom is -0.357 e. The summed E-state index contributed by atoms with van der Waals surface area (Å²) in [5.74, 6) is 1.03. The van der Waals surface area contributed by atoms with Crippen molar-refractivity contribution in [3.05, 3.63) is 34.4 Å². The van der Waals surface area contributed by atoms with Gasteiger partial charge in [0.25, 0.3) is 5.69 Å². The van der Waals surface area contributed by atoms with Crippen LogP contribution < -0.4 is 4.84 Å². The fourth-order valence-corrected chi connectivity index (χ4v) is 1.39. The summed E-state index contributed by atoms with van der Waals surface area (Å²) < 4.78 is 0. The molecule has 92 valence electrons. The quantitative estimate of drug-likeness (QED) is 0.447. The van der Waals surface area contributed by atoms with E-state index in [1.54, 1.807) is 0 Å². The Morgan fingerprint density at radius 3 is 2.47 bits per heavy atom. The zero-order valence-electron chi connectivity index (χ0n) is 10.2. The van der Waals surface area contributed by atoms with E-state index in [-0.39, 0.29) is 5.69 Å². The van der Waals surface area contributed by atoms with Crippen LogP contribution in [0.4, 0.5) is 5.69 Å². The van der Waals surface area contributed by atoms with Gasteiger partial charge < -0.3 is 4.84 Å². The Morgan fingerprint density at radius 1 is 1.41 bits per heavy atom. The highest BCUT2D eigenvalue weighted by Crippen LogP contribution is 2.17. The van der Waals surface area contributed by atoms with Gasteiger partial charge in [-0.2, -0.15) is 0 Å². The molecule has 0 bridgehead atoms. The van der Waals surface area contributed by atoms with Crippen LogP contribution in [0.2, 0.25) is 0 Å². The highest BCUT2D eigenvalue weighted by atomic mass is 16.6. The van der Waals surface area contributed by atoms with Gasteiger partial charge in [0.05, 0.1) is 10.6 Å². The SMILES string of the molecule is C/C(CC(C)C)=N\Oc1ccc([N+](=O)[O-])cc1. The number of hydrogen-bond donors (Lipinski definition) is 0. The first kappa shape index (κ1) is 13.2. The van der Waals surface area contributed by atoms with Crippen molar-refractivity contribution in [3.8, 4) is 5.75 Å². The maximum Gasteiger partial charge on any atom is 0.269 e. The molecule has 0 aliphatic rings. The van der Waals surface area contributed by atoms with E-state index in [4.69, 9.17) is 4.84 Å². The van der Waals surface area contributed by atoms with Crippen LogP contribution in [0.5, 0.6) is 5.75 Å². The molecule has 0 fully saturated rings. The smallest absolute Gasteiger partial charge is 0.269 e. The van der Waals surface area contributed by atoms with Crippen LogP contribution in [0.3, 0.4) is 0 Å². The number of nitrogens with zero attached hydrogens (tertiary/aromatic N) is 2. The van der Waals surface area contributed by atoms with E-state index < -0.39 is 4.92 Å². The van der Waals surface area contributed by atoms with Crippen molar-refractivity contribution >= 4 is 11.4 Å². The van der Waals surface area contributed by atoms with Gasteiger partial charge in [-0.05, 0) is 31.4 Å². The van der Waals surface area contributed by atoms with E-state index in [0.29, 0.717) is 11.7 Å². The Labute approximate surface area is 100 Å². The van der Waals surface area contributed by atoms with E-state index in [0.717, 1.165) is 12.1 Å². The molecular formula is C12H16N2O3. The molecular weight excluding hydrogens is 220 g/mol. The zero-order chi connectivity index (χ0) is 12.8. The number of nitro groups is 1. The molecule has 17 heavy (non-hydrogen) atoms. The molecule has 0 saturated carbocycles. The first-order chi connectivity index (χ1) is 7.99. The molecule has 1 rings (SSSR count). The minimum atomic E-state index is -0.447. The summed E-state index contributed by atoms with van der Waals surface area (Å²) in [5, 5.41) is 14.4. The van der Waals surface area contributed by atoms with E-state index in [2.05, 4.69) is 19.0 Å². The highest BCUT2D eigenvalue weighted by molar-refractivity contribution is 5.81. The van der Waals surface area contributed by atoms with Gasteiger partial charge in [0, 0.05) is 12.1 Å². The Kier molecular flexibility index (Phi) is 4.63. The molecule has 1 aromatic carbocycles. The third-order valence-corrected chi connectivity index (χ3v) is 2.06. The van der Waals surface area contributed by atoms with E-state index in [1.165, 1.54) is 24.3 Å². The first-order valence-electron chi connectivity index (χ1n) is 5.44. The first-order valence-corrected chi connectivity index (χ1v) is 5.44. The molecule has 0 N–H and O–H groups in total. The summed E-state index contributed by atoms with van der Waals surface area (Å²) in [6, 6.07) is 5.85. The Balaban J connectivity index is 2.60. The van der Waals surface area contributed by atoms with Crippen molar-refractivity contribution in [1.82, 2.24) is 0 Å². The van der Waals surface area contributed by atoms with Gasteiger partial charge in [-0.3, -0.25) is 10.1 Å². The number of rotatable bonds is 5. The summed E-state index contributed by atoms with van der Waals surface area (Å²) in [6.07, 6.45) is 0.868. The normalized spacial score (nSPS) is 11.6. The van der Waals surface area contributed by atoms with Crippen LogP contribution in [0, 0.1) is 16.0 Å². The lowest BCUT2D eigenvalue weighted by atomic mass is 10.1. The second-order valence-corrected chi connectivity index (χ2v) is 4.27. The number of non-ortho nitro benzene ring substituents is 1. The number of hydrogen-bond acceptors (Lipinski definition) is 4. The molecule has 0 saturated heterocycles. The van der Waals surface area contributed by atoms with Gasteiger partial charge in [-0.15, -0.1) is 0 Å². The highest BCUT2D eigenvalue weighted by Gasteiger charge is 2.04. The average molecular weight is 236 g/mol. The predicted molar refractivity (Wildman–Crippen MR) is 66.3 cm³/mol. The van der Waals surface area contributed by atoms with Crippen LogP contribution in [-0.2, 0) is 0 Å². The molecule has 5 heteroatoms.